The number of likely N-dealkylation sites (tertiary alicyclic amines) is 1. The lowest BCUT2D eigenvalue weighted by molar-refractivity contribution is -0.891. The Hall–Kier alpha value is -0.0800. The normalized spacial score (nSPS) is 27.3. The zero-order valence-corrected chi connectivity index (χ0v) is 16.1. The zero-order chi connectivity index (χ0) is 16.3. The third-order valence-corrected chi connectivity index (χ3v) is 6.38. The van der Waals surface area contributed by atoms with Crippen LogP contribution in [0.5, 0.6) is 0 Å². The van der Waals surface area contributed by atoms with Gasteiger partial charge in [0.1, 0.15) is 0 Å². The lowest BCUT2D eigenvalue weighted by Gasteiger charge is -2.52. The molecule has 1 rings (SSSR count). The van der Waals surface area contributed by atoms with Gasteiger partial charge in [-0.3, -0.25) is 0 Å². The monoisotopic (exact) mass is 297 g/mol. The van der Waals surface area contributed by atoms with Crippen molar-refractivity contribution < 1.29 is 4.48 Å². The first-order valence-electron chi connectivity index (χ1n) is 9.08. The third-order valence-electron chi connectivity index (χ3n) is 6.38. The molecule has 1 fully saturated rings. The van der Waals surface area contributed by atoms with E-state index in [9.17, 15) is 0 Å². The van der Waals surface area contributed by atoms with Crippen LogP contribution in [0.15, 0.2) is 0 Å². The Morgan fingerprint density at radius 1 is 1.10 bits per heavy atom. The molecule has 0 spiro atoms. The highest BCUT2D eigenvalue weighted by Crippen LogP contribution is 2.45. The van der Waals surface area contributed by atoms with Gasteiger partial charge in [0.05, 0.1) is 27.2 Å². The van der Waals surface area contributed by atoms with Crippen LogP contribution in [0.3, 0.4) is 0 Å². The van der Waals surface area contributed by atoms with Crippen LogP contribution in [-0.2, 0) is 0 Å². The Kier molecular flexibility index (Phi) is 6.32. The zero-order valence-electron chi connectivity index (χ0n) is 16.1. The van der Waals surface area contributed by atoms with E-state index in [0.717, 1.165) is 5.92 Å². The largest absolute Gasteiger partial charge is 0.328 e. The smallest absolute Gasteiger partial charge is 0.0788 e. The molecule has 21 heavy (non-hydrogen) atoms. The molecule has 2 heteroatoms. The van der Waals surface area contributed by atoms with Crippen LogP contribution in [-0.4, -0.2) is 55.7 Å². The van der Waals surface area contributed by atoms with Crippen molar-refractivity contribution in [2.75, 3.05) is 40.8 Å². The highest BCUT2D eigenvalue weighted by Gasteiger charge is 2.44. The van der Waals surface area contributed by atoms with E-state index in [-0.39, 0.29) is 0 Å². The average molecular weight is 298 g/mol. The summed E-state index contributed by atoms with van der Waals surface area (Å²) in [6.07, 6.45) is 6.78. The second-order valence-corrected chi connectivity index (χ2v) is 9.17. The van der Waals surface area contributed by atoms with Gasteiger partial charge in [0.25, 0.3) is 0 Å². The number of nitrogens with zero attached hydrogens (tertiary/aromatic N) is 2. The summed E-state index contributed by atoms with van der Waals surface area (Å²) in [5.74, 6) is 0.780. The second-order valence-electron chi connectivity index (χ2n) is 9.17. The summed E-state index contributed by atoms with van der Waals surface area (Å²) in [5.41, 5.74) is 0.900. The standard InChI is InChI=1S/C19H41N2/c1-9-10-14-21(7,8)15-13-19(17(2)3)12-11-18(4,5)20(6)16-19/h17H,9-16H2,1-8H3/q+1. The second kappa shape index (κ2) is 7.00. The summed E-state index contributed by atoms with van der Waals surface area (Å²) in [6, 6.07) is 0. The van der Waals surface area contributed by atoms with E-state index in [0.29, 0.717) is 11.0 Å². The van der Waals surface area contributed by atoms with E-state index in [1.165, 1.54) is 56.2 Å². The van der Waals surface area contributed by atoms with E-state index < -0.39 is 0 Å². The van der Waals surface area contributed by atoms with E-state index in [2.05, 4.69) is 60.7 Å². The molecule has 0 radical (unpaired) electrons. The Morgan fingerprint density at radius 2 is 1.71 bits per heavy atom. The highest BCUT2D eigenvalue weighted by atomic mass is 15.3. The number of hydrogen-bond donors (Lipinski definition) is 0. The minimum Gasteiger partial charge on any atom is -0.328 e. The number of quaternary nitrogens is 1. The highest BCUT2D eigenvalue weighted by molar-refractivity contribution is 4.96. The van der Waals surface area contributed by atoms with Crippen molar-refractivity contribution in [3.8, 4) is 0 Å². The van der Waals surface area contributed by atoms with Crippen molar-refractivity contribution >= 4 is 0 Å². The molecule has 0 saturated carbocycles. The molecule has 1 heterocycles. The van der Waals surface area contributed by atoms with Gasteiger partial charge in [-0.2, -0.15) is 0 Å². The molecular weight excluding hydrogens is 256 g/mol. The lowest BCUT2D eigenvalue weighted by atomic mass is 9.66. The van der Waals surface area contributed by atoms with E-state index >= 15 is 0 Å². The molecule has 0 bridgehead atoms. The Bertz CT molecular complexity index is 320. The number of piperidine rings is 1. The van der Waals surface area contributed by atoms with Gasteiger partial charge in [-0.15, -0.1) is 0 Å². The molecule has 1 aliphatic rings. The van der Waals surface area contributed by atoms with E-state index in [1.807, 2.05) is 0 Å². The van der Waals surface area contributed by atoms with Gasteiger partial charge in [-0.25, -0.2) is 0 Å². The van der Waals surface area contributed by atoms with E-state index in [1.54, 1.807) is 0 Å². The first-order valence-corrected chi connectivity index (χ1v) is 9.08. The Morgan fingerprint density at radius 3 is 2.19 bits per heavy atom. The minimum atomic E-state index is 0.380. The van der Waals surface area contributed by atoms with Gasteiger partial charge in [0.15, 0.2) is 0 Å². The quantitative estimate of drug-likeness (QED) is 0.630. The van der Waals surface area contributed by atoms with Crippen LogP contribution in [0, 0.1) is 11.3 Å². The van der Waals surface area contributed by atoms with Crippen molar-refractivity contribution in [3.05, 3.63) is 0 Å². The predicted molar refractivity (Wildman–Crippen MR) is 94.6 cm³/mol. The summed E-state index contributed by atoms with van der Waals surface area (Å²) in [6.45, 7) is 15.9. The Labute approximate surface area is 134 Å². The van der Waals surface area contributed by atoms with Gasteiger partial charge in [-0.05, 0) is 51.5 Å². The van der Waals surface area contributed by atoms with Gasteiger partial charge >= 0.3 is 0 Å². The molecule has 0 aliphatic carbocycles. The van der Waals surface area contributed by atoms with Crippen molar-refractivity contribution in [1.29, 1.82) is 0 Å². The van der Waals surface area contributed by atoms with Gasteiger partial charge < -0.3 is 9.38 Å². The molecular formula is C19H41N2+. The molecule has 0 amide bonds. The topological polar surface area (TPSA) is 3.24 Å². The van der Waals surface area contributed by atoms with Crippen LogP contribution >= 0.6 is 0 Å². The molecule has 0 aromatic heterocycles. The maximum absolute atomic E-state index is 2.61. The van der Waals surface area contributed by atoms with E-state index in [4.69, 9.17) is 0 Å². The van der Waals surface area contributed by atoms with Crippen molar-refractivity contribution in [1.82, 2.24) is 4.90 Å². The minimum absolute atomic E-state index is 0.380. The fraction of sp³-hybridized carbons (Fsp3) is 1.00. The number of hydrogen-bond acceptors (Lipinski definition) is 1. The summed E-state index contributed by atoms with van der Waals surface area (Å²) in [4.78, 5) is 2.61. The van der Waals surface area contributed by atoms with Gasteiger partial charge in [-0.1, -0.05) is 27.2 Å². The fourth-order valence-corrected chi connectivity index (χ4v) is 3.70. The predicted octanol–water partition coefficient (Wildman–Crippen LogP) is 4.40. The van der Waals surface area contributed by atoms with Crippen LogP contribution in [0.1, 0.15) is 66.7 Å². The molecule has 2 nitrogen and oxygen atoms in total. The molecule has 1 aliphatic heterocycles. The maximum Gasteiger partial charge on any atom is 0.0788 e. The molecule has 0 aromatic carbocycles. The summed E-state index contributed by atoms with van der Waals surface area (Å²) >= 11 is 0. The first-order chi connectivity index (χ1) is 9.55. The average Bonchev–Trinajstić information content (AvgIpc) is 2.38. The molecule has 0 aromatic rings. The summed E-state index contributed by atoms with van der Waals surface area (Å²) < 4.78 is 1.19. The summed E-state index contributed by atoms with van der Waals surface area (Å²) in [5, 5.41) is 0. The number of rotatable bonds is 7. The summed E-state index contributed by atoms with van der Waals surface area (Å²) in [7, 11) is 7.16. The van der Waals surface area contributed by atoms with Crippen LogP contribution in [0.2, 0.25) is 0 Å². The van der Waals surface area contributed by atoms with Gasteiger partial charge in [0, 0.05) is 18.5 Å². The molecule has 1 unspecified atom stereocenters. The SMILES string of the molecule is CCCC[N+](C)(C)CCC1(C(C)C)CCC(C)(C)N(C)C1. The van der Waals surface area contributed by atoms with Crippen molar-refractivity contribution in [2.45, 2.75) is 72.3 Å². The van der Waals surface area contributed by atoms with Crippen LogP contribution in [0.25, 0.3) is 0 Å². The van der Waals surface area contributed by atoms with Crippen molar-refractivity contribution in [2.24, 2.45) is 11.3 Å². The molecule has 1 atom stereocenters. The fourth-order valence-electron chi connectivity index (χ4n) is 3.70. The molecule has 1 saturated heterocycles. The third kappa shape index (κ3) is 4.96. The lowest BCUT2D eigenvalue weighted by Crippen LogP contribution is -2.55. The van der Waals surface area contributed by atoms with Crippen molar-refractivity contribution in [3.63, 3.8) is 0 Å². The van der Waals surface area contributed by atoms with Crippen LogP contribution in [0.4, 0.5) is 0 Å². The molecule has 0 N–H and O–H groups in total. The van der Waals surface area contributed by atoms with Crippen LogP contribution < -0.4 is 0 Å². The first kappa shape index (κ1) is 19.0. The van der Waals surface area contributed by atoms with Gasteiger partial charge in [0.2, 0.25) is 0 Å². The maximum atomic E-state index is 2.61. The Balaban J connectivity index is 2.71. The molecule has 126 valence electrons. The number of unbranched alkanes of at least 4 members (excludes halogenated alkanes) is 1.